The second kappa shape index (κ2) is 13.4. The summed E-state index contributed by atoms with van der Waals surface area (Å²) < 4.78 is 41.2. The van der Waals surface area contributed by atoms with E-state index in [-0.39, 0.29) is 30.6 Å². The molecule has 0 saturated carbocycles. The summed E-state index contributed by atoms with van der Waals surface area (Å²) in [5.74, 6) is 0.707. The van der Waals surface area contributed by atoms with Crippen molar-refractivity contribution in [3.05, 3.63) is 77.4 Å². The summed E-state index contributed by atoms with van der Waals surface area (Å²) in [6, 6.07) is 15.7. The van der Waals surface area contributed by atoms with E-state index in [4.69, 9.17) is 4.74 Å². The van der Waals surface area contributed by atoms with E-state index in [1.165, 1.54) is 5.69 Å². The number of halogens is 4. The molecular formula is C24H30F3IN4O. The summed E-state index contributed by atoms with van der Waals surface area (Å²) in [5.41, 5.74) is 4.03. The lowest BCUT2D eigenvalue weighted by atomic mass is 10.1. The van der Waals surface area contributed by atoms with E-state index >= 15 is 0 Å². The predicted octanol–water partition coefficient (Wildman–Crippen LogP) is 5.02. The van der Waals surface area contributed by atoms with Crippen LogP contribution in [0.25, 0.3) is 0 Å². The van der Waals surface area contributed by atoms with Crippen LogP contribution >= 0.6 is 24.0 Å². The fourth-order valence-electron chi connectivity index (χ4n) is 3.28. The Morgan fingerprint density at radius 2 is 1.70 bits per heavy atom. The Hall–Kier alpha value is -2.27. The number of hydrogen-bond donors (Lipinski definition) is 2. The third-order valence-corrected chi connectivity index (χ3v) is 4.88. The first-order chi connectivity index (χ1) is 15.4. The lowest BCUT2D eigenvalue weighted by Gasteiger charge is -2.18. The van der Waals surface area contributed by atoms with Gasteiger partial charge in [0.2, 0.25) is 0 Å². The second-order valence-electron chi connectivity index (χ2n) is 7.52. The molecule has 0 bridgehead atoms. The maximum atomic E-state index is 12.2. The van der Waals surface area contributed by atoms with Crippen LogP contribution in [0, 0.1) is 0 Å². The summed E-state index contributed by atoms with van der Waals surface area (Å²) >= 11 is 0. The second-order valence-corrected chi connectivity index (χ2v) is 7.52. The molecule has 1 aliphatic heterocycles. The van der Waals surface area contributed by atoms with Crippen LogP contribution in [0.1, 0.15) is 23.6 Å². The van der Waals surface area contributed by atoms with Crippen molar-refractivity contribution in [2.45, 2.75) is 32.8 Å². The monoisotopic (exact) mass is 574 g/mol. The molecule has 5 nitrogen and oxygen atoms in total. The Bertz CT molecular complexity index is 909. The molecule has 0 amide bonds. The van der Waals surface area contributed by atoms with Crippen molar-refractivity contribution < 1.29 is 17.9 Å². The van der Waals surface area contributed by atoms with Gasteiger partial charge in [-0.15, -0.1) is 24.0 Å². The third-order valence-electron chi connectivity index (χ3n) is 4.88. The molecule has 0 atom stereocenters. The molecule has 0 spiro atoms. The highest BCUT2D eigenvalue weighted by Gasteiger charge is 2.27. The van der Waals surface area contributed by atoms with Crippen molar-refractivity contribution in [1.29, 1.82) is 0 Å². The molecule has 0 radical (unpaired) electrons. The molecule has 0 aliphatic carbocycles. The number of guanidine groups is 1. The van der Waals surface area contributed by atoms with Crippen molar-refractivity contribution in [3.8, 4) is 0 Å². The quantitative estimate of drug-likeness (QED) is 0.191. The van der Waals surface area contributed by atoms with Gasteiger partial charge in [-0.2, -0.15) is 13.2 Å². The Labute approximate surface area is 210 Å². The largest absolute Gasteiger partial charge is 0.411 e. The van der Waals surface area contributed by atoms with E-state index in [1.807, 2.05) is 19.1 Å². The Morgan fingerprint density at radius 1 is 1.00 bits per heavy atom. The predicted molar refractivity (Wildman–Crippen MR) is 137 cm³/mol. The molecule has 1 heterocycles. The van der Waals surface area contributed by atoms with Crippen molar-refractivity contribution in [3.63, 3.8) is 0 Å². The highest BCUT2D eigenvalue weighted by molar-refractivity contribution is 14.0. The van der Waals surface area contributed by atoms with Crippen LogP contribution in [-0.4, -0.2) is 38.4 Å². The van der Waals surface area contributed by atoms with Gasteiger partial charge in [0.1, 0.15) is 6.61 Å². The van der Waals surface area contributed by atoms with Crippen LogP contribution in [0.15, 0.2) is 65.7 Å². The average molecular weight is 574 g/mol. The minimum Gasteiger partial charge on any atom is -0.367 e. The summed E-state index contributed by atoms with van der Waals surface area (Å²) in [6.45, 7) is 4.42. The van der Waals surface area contributed by atoms with E-state index in [0.717, 1.165) is 30.8 Å². The highest BCUT2D eigenvalue weighted by atomic mass is 127. The van der Waals surface area contributed by atoms with Gasteiger partial charge in [-0.1, -0.05) is 48.6 Å². The Balaban J connectivity index is 0.00000385. The molecule has 0 aromatic heterocycles. The zero-order chi connectivity index (χ0) is 22.8. The van der Waals surface area contributed by atoms with Crippen LogP contribution < -0.4 is 15.5 Å². The van der Waals surface area contributed by atoms with Gasteiger partial charge >= 0.3 is 6.18 Å². The maximum Gasteiger partial charge on any atom is 0.411 e. The first-order valence-corrected chi connectivity index (χ1v) is 10.7. The topological polar surface area (TPSA) is 48.9 Å². The molecular weight excluding hydrogens is 544 g/mol. The van der Waals surface area contributed by atoms with E-state index in [2.05, 4.69) is 56.9 Å². The van der Waals surface area contributed by atoms with Gasteiger partial charge in [0, 0.05) is 31.9 Å². The number of benzene rings is 2. The smallest absolute Gasteiger partial charge is 0.367 e. The highest BCUT2D eigenvalue weighted by Crippen LogP contribution is 2.19. The van der Waals surface area contributed by atoms with Crippen molar-refractivity contribution >= 4 is 35.6 Å². The van der Waals surface area contributed by atoms with Crippen LogP contribution in [0.4, 0.5) is 18.9 Å². The molecule has 3 rings (SSSR count). The van der Waals surface area contributed by atoms with Gasteiger partial charge < -0.3 is 20.3 Å². The summed E-state index contributed by atoms with van der Waals surface area (Å²) in [5, 5.41) is 6.54. The van der Waals surface area contributed by atoms with Gasteiger partial charge in [0.15, 0.2) is 5.96 Å². The normalized spacial score (nSPS) is 13.7. The minimum absolute atomic E-state index is 0. The number of rotatable bonds is 9. The van der Waals surface area contributed by atoms with Crippen molar-refractivity contribution in [1.82, 2.24) is 10.6 Å². The molecule has 180 valence electrons. The van der Waals surface area contributed by atoms with Crippen LogP contribution in [0.2, 0.25) is 0 Å². The first-order valence-electron chi connectivity index (χ1n) is 10.7. The Morgan fingerprint density at radius 3 is 2.36 bits per heavy atom. The van der Waals surface area contributed by atoms with E-state index in [0.29, 0.717) is 24.6 Å². The zero-order valence-electron chi connectivity index (χ0n) is 18.6. The molecule has 0 unspecified atom stereocenters. The number of alkyl halides is 3. The Kier molecular flexibility index (Phi) is 11.0. The van der Waals surface area contributed by atoms with Gasteiger partial charge in [0.05, 0.1) is 13.2 Å². The molecule has 2 aromatic carbocycles. The number of aliphatic imine (C=N–C) groups is 1. The molecule has 9 heteroatoms. The zero-order valence-corrected chi connectivity index (χ0v) is 20.9. The van der Waals surface area contributed by atoms with Crippen molar-refractivity contribution in [2.24, 2.45) is 4.99 Å². The standard InChI is InChI=1S/C24H29F3N4O.HI/c1-2-28-23(30-16-21-6-5-7-22(14-21)31-12-3-4-13-31)29-15-19-8-10-20(11-9-19)17-32-18-24(25,26)27;/h3-11,14H,2,12-13,15-18H2,1H3,(H2,28,29,30);1H. The maximum absolute atomic E-state index is 12.2. The molecule has 2 aromatic rings. The van der Waals surface area contributed by atoms with E-state index in [1.54, 1.807) is 12.1 Å². The fraction of sp³-hybridized carbons (Fsp3) is 0.375. The summed E-state index contributed by atoms with van der Waals surface area (Å²) in [6.07, 6.45) is 0.0266. The lowest BCUT2D eigenvalue weighted by Crippen LogP contribution is -2.36. The number of anilines is 1. The van der Waals surface area contributed by atoms with Gasteiger partial charge in [-0.05, 0) is 35.7 Å². The van der Waals surface area contributed by atoms with E-state index in [9.17, 15) is 13.2 Å². The van der Waals surface area contributed by atoms with Gasteiger partial charge in [-0.3, -0.25) is 0 Å². The third kappa shape index (κ3) is 9.63. The molecule has 0 fully saturated rings. The van der Waals surface area contributed by atoms with Crippen LogP contribution in [-0.2, 0) is 24.4 Å². The number of hydrogen-bond acceptors (Lipinski definition) is 3. The van der Waals surface area contributed by atoms with Crippen LogP contribution in [0.3, 0.4) is 0 Å². The van der Waals surface area contributed by atoms with Crippen LogP contribution in [0.5, 0.6) is 0 Å². The molecule has 0 saturated heterocycles. The van der Waals surface area contributed by atoms with Gasteiger partial charge in [0.25, 0.3) is 0 Å². The minimum atomic E-state index is -4.31. The fourth-order valence-corrected chi connectivity index (χ4v) is 3.28. The van der Waals surface area contributed by atoms with Gasteiger partial charge in [-0.25, -0.2) is 4.99 Å². The first kappa shape index (κ1) is 27.0. The number of nitrogens with one attached hydrogen (secondary N) is 2. The average Bonchev–Trinajstić information content (AvgIpc) is 3.31. The molecule has 1 aliphatic rings. The SMILES string of the molecule is CCNC(=NCc1cccc(N2CC=CC2)c1)NCc1ccc(COCC(F)(F)F)cc1.I. The molecule has 2 N–H and O–H groups in total. The van der Waals surface area contributed by atoms with E-state index < -0.39 is 12.8 Å². The number of nitrogens with zero attached hydrogens (tertiary/aromatic N) is 2. The van der Waals surface area contributed by atoms with Crippen molar-refractivity contribution in [2.75, 3.05) is 31.1 Å². The number of ether oxygens (including phenoxy) is 1. The summed E-state index contributed by atoms with van der Waals surface area (Å²) in [7, 11) is 0. The molecule has 33 heavy (non-hydrogen) atoms. The lowest BCUT2D eigenvalue weighted by molar-refractivity contribution is -0.176. The summed E-state index contributed by atoms with van der Waals surface area (Å²) in [4.78, 5) is 6.98.